The molecule has 4 aliphatic heterocycles. The van der Waals surface area contributed by atoms with Gasteiger partial charge in [0.1, 0.15) is 23.9 Å². The highest BCUT2D eigenvalue weighted by molar-refractivity contribution is 5.73. The van der Waals surface area contributed by atoms with Crippen molar-refractivity contribution in [3.63, 3.8) is 0 Å². The molecule has 0 aliphatic carbocycles. The van der Waals surface area contributed by atoms with Crippen molar-refractivity contribution in [3.8, 4) is 0 Å². The topological polar surface area (TPSA) is 142 Å². The van der Waals surface area contributed by atoms with Gasteiger partial charge in [-0.05, 0) is 80.9 Å². The Hall–Kier alpha value is -0.930. The Morgan fingerprint density at radius 1 is 1.09 bits per heavy atom. The molecule has 0 unspecified atom stereocenters. The van der Waals surface area contributed by atoms with E-state index in [1.165, 1.54) is 0 Å². The molecular formula is C35H65N3O9. The van der Waals surface area contributed by atoms with Crippen LogP contribution in [-0.2, 0) is 28.5 Å². The van der Waals surface area contributed by atoms with Crippen LogP contribution < -0.4 is 5.32 Å². The average Bonchev–Trinajstić information content (AvgIpc) is 3.07. The van der Waals surface area contributed by atoms with Gasteiger partial charge in [-0.1, -0.05) is 20.8 Å². The molecule has 12 nitrogen and oxygen atoms in total. The van der Waals surface area contributed by atoms with Crippen LogP contribution in [0.5, 0.6) is 0 Å². The monoisotopic (exact) mass is 671 g/mol. The number of esters is 1. The van der Waals surface area contributed by atoms with Gasteiger partial charge >= 0.3 is 5.97 Å². The van der Waals surface area contributed by atoms with Crippen LogP contribution in [0.15, 0.2) is 0 Å². The van der Waals surface area contributed by atoms with Crippen LogP contribution in [0, 0.1) is 17.8 Å². The summed E-state index contributed by atoms with van der Waals surface area (Å²) in [4.78, 5) is 18.1. The lowest BCUT2D eigenvalue weighted by Crippen LogP contribution is -2.60. The van der Waals surface area contributed by atoms with Crippen molar-refractivity contribution in [2.45, 2.75) is 159 Å². The summed E-state index contributed by atoms with van der Waals surface area (Å²) in [7, 11) is 5.83. The summed E-state index contributed by atoms with van der Waals surface area (Å²) in [6.07, 6.45) is -2.63. The van der Waals surface area contributed by atoms with Gasteiger partial charge in [0.25, 0.3) is 0 Å². The van der Waals surface area contributed by atoms with Crippen molar-refractivity contribution in [3.05, 3.63) is 0 Å². The van der Waals surface area contributed by atoms with Gasteiger partial charge in [-0.3, -0.25) is 4.79 Å². The third-order valence-corrected chi connectivity index (χ3v) is 11.5. The minimum Gasteiger partial charge on any atom is -0.459 e. The molecule has 0 saturated carbocycles. The summed E-state index contributed by atoms with van der Waals surface area (Å²) in [5.41, 5.74) is -2.60. The minimum absolute atomic E-state index is 0.0614. The summed E-state index contributed by atoms with van der Waals surface area (Å²) >= 11 is 0. The zero-order valence-electron chi connectivity index (χ0n) is 30.8. The maximum Gasteiger partial charge on any atom is 0.311 e. The van der Waals surface area contributed by atoms with Crippen LogP contribution in [0.2, 0.25) is 0 Å². The molecule has 0 aromatic carbocycles. The quantitative estimate of drug-likeness (QED) is 0.325. The number of hydrogen-bond donors (Lipinski definition) is 4. The first kappa shape index (κ1) is 38.9. The van der Waals surface area contributed by atoms with E-state index in [2.05, 4.69) is 19.2 Å². The molecule has 4 aliphatic rings. The summed E-state index contributed by atoms with van der Waals surface area (Å²) in [5, 5.41) is 38.1. The Balaban J connectivity index is 1.84. The van der Waals surface area contributed by atoms with Crippen LogP contribution in [0.4, 0.5) is 0 Å². The molecule has 4 N–H and O–H groups in total. The van der Waals surface area contributed by atoms with Gasteiger partial charge in [-0.25, -0.2) is 0 Å². The van der Waals surface area contributed by atoms with Crippen molar-refractivity contribution in [2.75, 3.05) is 40.8 Å². The molecule has 4 saturated heterocycles. The van der Waals surface area contributed by atoms with E-state index < -0.39 is 71.7 Å². The maximum atomic E-state index is 14.0. The maximum absolute atomic E-state index is 14.0. The van der Waals surface area contributed by atoms with Crippen LogP contribution in [0.25, 0.3) is 0 Å². The lowest BCUT2D eigenvalue weighted by Gasteiger charge is -2.48. The summed E-state index contributed by atoms with van der Waals surface area (Å²) in [6.45, 7) is 17.3. The van der Waals surface area contributed by atoms with E-state index in [0.29, 0.717) is 51.7 Å². The number of rotatable bonds is 4. The van der Waals surface area contributed by atoms with Gasteiger partial charge in [0.2, 0.25) is 0 Å². The van der Waals surface area contributed by atoms with Crippen LogP contribution in [-0.4, -0.2) is 144 Å². The molecule has 4 heterocycles. The van der Waals surface area contributed by atoms with E-state index in [4.69, 9.17) is 23.7 Å². The minimum atomic E-state index is -1.69. The zero-order chi connectivity index (χ0) is 35.1. The van der Waals surface area contributed by atoms with Crippen LogP contribution >= 0.6 is 0 Å². The van der Waals surface area contributed by atoms with E-state index in [1.54, 1.807) is 13.8 Å². The molecule has 0 aromatic heterocycles. The second-order valence-corrected chi connectivity index (χ2v) is 15.9. The molecule has 14 atom stereocenters. The second kappa shape index (κ2) is 15.1. The lowest BCUT2D eigenvalue weighted by atomic mass is 9.78. The number of carbonyl (C=O) groups is 1. The first-order chi connectivity index (χ1) is 21.9. The molecule has 0 amide bonds. The van der Waals surface area contributed by atoms with E-state index in [0.717, 1.165) is 0 Å². The molecular weight excluding hydrogens is 606 g/mol. The highest BCUT2D eigenvalue weighted by atomic mass is 16.7. The fourth-order valence-corrected chi connectivity index (χ4v) is 8.73. The van der Waals surface area contributed by atoms with Gasteiger partial charge < -0.3 is 54.1 Å². The number of ether oxygens (including phenoxy) is 5. The number of aliphatic hydroxyl groups excluding tert-OH is 2. The molecule has 2 bridgehead atoms. The summed E-state index contributed by atoms with van der Waals surface area (Å²) in [6, 6.07) is -0.592. The number of aliphatic hydroxyl groups is 3. The van der Waals surface area contributed by atoms with Crippen LogP contribution in [0.1, 0.15) is 87.5 Å². The number of piperidine rings is 1. The predicted octanol–water partition coefficient (Wildman–Crippen LogP) is 2.12. The molecule has 1 spiro atoms. The molecule has 4 rings (SSSR count). The molecule has 0 aromatic rings. The number of nitrogens with zero attached hydrogens (tertiary/aromatic N) is 2. The molecule has 12 heteroatoms. The highest BCUT2D eigenvalue weighted by Crippen LogP contribution is 2.47. The van der Waals surface area contributed by atoms with Gasteiger partial charge in [0, 0.05) is 50.5 Å². The Morgan fingerprint density at radius 2 is 1.72 bits per heavy atom. The smallest absolute Gasteiger partial charge is 0.311 e. The van der Waals surface area contributed by atoms with Gasteiger partial charge in [0.15, 0.2) is 12.1 Å². The first-order valence-electron chi connectivity index (χ1n) is 17.9. The normalized spacial score (nSPS) is 47.7. The van der Waals surface area contributed by atoms with Crippen molar-refractivity contribution in [1.82, 2.24) is 15.1 Å². The van der Waals surface area contributed by atoms with Crippen molar-refractivity contribution < 1.29 is 43.8 Å². The summed E-state index contributed by atoms with van der Waals surface area (Å²) < 4.78 is 33.5. The fraction of sp³-hybridized carbons (Fsp3) is 0.971. The van der Waals surface area contributed by atoms with E-state index in [-0.39, 0.29) is 24.0 Å². The highest BCUT2D eigenvalue weighted by Gasteiger charge is 2.58. The van der Waals surface area contributed by atoms with Crippen molar-refractivity contribution >= 4 is 5.97 Å². The number of nitrogens with one attached hydrogen (secondary N) is 1. The number of hydrogen-bond acceptors (Lipinski definition) is 12. The Bertz CT molecular complexity index is 1040. The predicted molar refractivity (Wildman–Crippen MR) is 178 cm³/mol. The number of likely N-dealkylation sites (N-methyl/N-ethyl adjacent to an activating group) is 2. The average molecular weight is 672 g/mol. The number of fused-ring (bicyclic) bond motifs is 3. The Labute approximate surface area is 282 Å². The van der Waals surface area contributed by atoms with Gasteiger partial charge in [-0.15, -0.1) is 0 Å². The SMILES string of the molecule is CC[C@H]1OC(=O)[C@H](C)[C@H]2OC3(CCNCC3)O[C@](C)(C[C@@H](C)CN(C)[C@H](C)[C@@H](O)[C@]1(C)O)[C@H](O[C@@H]1O[C@H](C)C[C@H](N(C)C)[C@H]1O)[C@H]2C. The summed E-state index contributed by atoms with van der Waals surface area (Å²) in [5.74, 6) is -2.58. The van der Waals surface area contributed by atoms with Gasteiger partial charge in [0.05, 0.1) is 29.8 Å². The van der Waals surface area contributed by atoms with E-state index >= 15 is 0 Å². The molecule has 47 heavy (non-hydrogen) atoms. The number of carbonyl (C=O) groups excluding carboxylic acids is 1. The largest absolute Gasteiger partial charge is 0.459 e. The Morgan fingerprint density at radius 3 is 2.32 bits per heavy atom. The Kier molecular flexibility index (Phi) is 12.5. The fourth-order valence-electron chi connectivity index (χ4n) is 8.73. The van der Waals surface area contributed by atoms with Crippen LogP contribution in [0.3, 0.4) is 0 Å². The molecule has 4 fully saturated rings. The standard InChI is InChI=1S/C35H65N3O9/c1-12-26-34(8,42)29(40)24(6)38(11)19-20(2)18-33(7)30(45-32-27(39)25(37(9)10)17-21(3)43-32)22(4)28(23(5)31(41)44-26)46-35(47-33)13-15-36-16-14-35/h20-30,32,36,39-40,42H,12-19H2,1-11H3/t20-,21-,22+,23-,24-,25+,26-,27-,28+,29-,30-,32+,33-,34-/m1/s1. The van der Waals surface area contributed by atoms with E-state index in [1.807, 2.05) is 58.6 Å². The van der Waals surface area contributed by atoms with Crippen molar-refractivity contribution in [2.24, 2.45) is 17.8 Å². The lowest BCUT2D eigenvalue weighted by molar-refractivity contribution is -0.329. The third kappa shape index (κ3) is 8.18. The number of cyclic esters (lactones) is 1. The molecule has 274 valence electrons. The first-order valence-corrected chi connectivity index (χ1v) is 17.9. The third-order valence-electron chi connectivity index (χ3n) is 11.5. The zero-order valence-corrected chi connectivity index (χ0v) is 30.8. The molecule has 0 radical (unpaired) electrons. The van der Waals surface area contributed by atoms with Gasteiger partial charge in [-0.2, -0.15) is 0 Å². The second-order valence-electron chi connectivity index (χ2n) is 15.9. The van der Waals surface area contributed by atoms with Crippen molar-refractivity contribution in [1.29, 1.82) is 0 Å². The van der Waals surface area contributed by atoms with E-state index in [9.17, 15) is 20.1 Å².